The van der Waals surface area contributed by atoms with Crippen LogP contribution in [0.15, 0.2) is 0 Å². The molecule has 1 atom stereocenters. The zero-order valence-electron chi connectivity index (χ0n) is 25.6. The average molecular weight is 553 g/mol. The van der Waals surface area contributed by atoms with Crippen molar-refractivity contribution < 1.29 is 9.59 Å². The van der Waals surface area contributed by atoms with Crippen molar-refractivity contribution in [2.75, 3.05) is 19.6 Å². The third kappa shape index (κ3) is 27.4. The highest BCUT2D eigenvalue weighted by Gasteiger charge is 2.20. The molecule has 8 heteroatoms. The van der Waals surface area contributed by atoms with Crippen LogP contribution in [0.5, 0.6) is 0 Å². The van der Waals surface area contributed by atoms with Gasteiger partial charge in [0, 0.05) is 19.6 Å². The topological polar surface area (TPSA) is 132 Å². The molecule has 0 aromatic heterocycles. The zero-order valence-corrected chi connectivity index (χ0v) is 25.6. The Kier molecular flexibility index (Phi) is 27.5. The summed E-state index contributed by atoms with van der Waals surface area (Å²) in [4.78, 5) is 25.2. The standard InChI is InChI=1S/C31H64N6O2/c1-3-5-7-9-11-13-15-17-19-21-25-34-29(38)28(24-23-27-35-30(32)33)37-31(39)36-26-22-20-18-16-14-12-10-8-6-4-2/h28H,3-27H2,1-2H3,(H,34,38)(H4,32,33,35)(H2,36,37,39)/t28-/m0/s1. The molecule has 0 aromatic rings. The molecule has 0 aliphatic heterocycles. The zero-order chi connectivity index (χ0) is 28.8. The maximum Gasteiger partial charge on any atom is 0.315 e. The highest BCUT2D eigenvalue weighted by atomic mass is 16.2. The van der Waals surface area contributed by atoms with Gasteiger partial charge in [0.15, 0.2) is 5.96 Å². The summed E-state index contributed by atoms with van der Waals surface area (Å²) >= 11 is 0. The molecule has 0 aliphatic carbocycles. The van der Waals surface area contributed by atoms with Gasteiger partial charge in [0.05, 0.1) is 0 Å². The lowest BCUT2D eigenvalue weighted by molar-refractivity contribution is -0.123. The molecule has 39 heavy (non-hydrogen) atoms. The SMILES string of the molecule is CCCCCCCCCCCCNC(=O)N[C@@H](CCCNC(=N)N)C(=O)NCCCCCCCCCCCC. The van der Waals surface area contributed by atoms with Gasteiger partial charge < -0.3 is 27.0 Å². The van der Waals surface area contributed by atoms with Crippen molar-refractivity contribution in [3.8, 4) is 0 Å². The molecule has 0 rings (SSSR count). The minimum absolute atomic E-state index is 0.0841. The average Bonchev–Trinajstić information content (AvgIpc) is 2.91. The minimum Gasteiger partial charge on any atom is -0.370 e. The van der Waals surface area contributed by atoms with Gasteiger partial charge in [0.2, 0.25) is 5.91 Å². The van der Waals surface area contributed by atoms with Gasteiger partial charge in [-0.25, -0.2) is 4.79 Å². The second-order valence-corrected chi connectivity index (χ2v) is 11.1. The van der Waals surface area contributed by atoms with E-state index in [1.165, 1.54) is 103 Å². The fourth-order valence-electron chi connectivity index (χ4n) is 4.77. The lowest BCUT2D eigenvalue weighted by atomic mass is 10.1. The number of unbranched alkanes of at least 4 members (excludes halogenated alkanes) is 18. The van der Waals surface area contributed by atoms with E-state index < -0.39 is 6.04 Å². The van der Waals surface area contributed by atoms with Gasteiger partial charge in [-0.15, -0.1) is 0 Å². The van der Waals surface area contributed by atoms with Crippen LogP contribution in [0.25, 0.3) is 0 Å². The molecule has 0 saturated heterocycles. The molecule has 7 N–H and O–H groups in total. The van der Waals surface area contributed by atoms with Crippen LogP contribution in [-0.4, -0.2) is 43.6 Å². The Morgan fingerprint density at radius 2 is 0.949 bits per heavy atom. The van der Waals surface area contributed by atoms with Gasteiger partial charge in [-0.05, 0) is 25.7 Å². The highest BCUT2D eigenvalue weighted by molar-refractivity contribution is 5.86. The van der Waals surface area contributed by atoms with Gasteiger partial charge in [-0.1, -0.05) is 129 Å². The number of guanidine groups is 1. The fourth-order valence-corrected chi connectivity index (χ4v) is 4.77. The molecule has 0 spiro atoms. The summed E-state index contributed by atoms with van der Waals surface area (Å²) in [5.74, 6) is -0.220. The Morgan fingerprint density at radius 3 is 1.38 bits per heavy atom. The van der Waals surface area contributed by atoms with E-state index in [9.17, 15) is 9.59 Å². The van der Waals surface area contributed by atoms with E-state index in [0.717, 1.165) is 25.7 Å². The summed E-state index contributed by atoms with van der Waals surface area (Å²) < 4.78 is 0. The van der Waals surface area contributed by atoms with Crippen molar-refractivity contribution in [3.63, 3.8) is 0 Å². The number of nitrogens with two attached hydrogens (primary N) is 1. The monoisotopic (exact) mass is 553 g/mol. The maximum absolute atomic E-state index is 12.8. The Morgan fingerprint density at radius 1 is 0.564 bits per heavy atom. The van der Waals surface area contributed by atoms with E-state index in [0.29, 0.717) is 32.5 Å². The van der Waals surface area contributed by atoms with Gasteiger partial charge >= 0.3 is 6.03 Å². The number of nitrogens with one attached hydrogen (secondary N) is 5. The largest absolute Gasteiger partial charge is 0.370 e. The van der Waals surface area contributed by atoms with Crippen LogP contribution < -0.4 is 27.0 Å². The van der Waals surface area contributed by atoms with Crippen LogP contribution in [0.4, 0.5) is 4.79 Å². The summed E-state index contributed by atoms with van der Waals surface area (Å²) in [6.45, 7) is 6.26. The van der Waals surface area contributed by atoms with E-state index in [4.69, 9.17) is 11.1 Å². The third-order valence-electron chi connectivity index (χ3n) is 7.25. The normalized spacial score (nSPS) is 11.6. The van der Waals surface area contributed by atoms with Crippen molar-refractivity contribution in [1.29, 1.82) is 5.41 Å². The lowest BCUT2D eigenvalue weighted by Gasteiger charge is -2.19. The van der Waals surface area contributed by atoms with E-state index in [2.05, 4.69) is 35.1 Å². The van der Waals surface area contributed by atoms with E-state index in [1.54, 1.807) is 0 Å². The first kappa shape index (κ1) is 37.0. The van der Waals surface area contributed by atoms with Gasteiger partial charge in [0.1, 0.15) is 6.04 Å². The summed E-state index contributed by atoms with van der Waals surface area (Å²) in [6.07, 6.45) is 26.3. The summed E-state index contributed by atoms with van der Waals surface area (Å²) in [5.41, 5.74) is 5.35. The lowest BCUT2D eigenvalue weighted by Crippen LogP contribution is -2.50. The Bertz CT molecular complexity index is 587. The molecule has 8 nitrogen and oxygen atoms in total. The number of hydrogen-bond donors (Lipinski definition) is 6. The van der Waals surface area contributed by atoms with E-state index in [-0.39, 0.29) is 17.9 Å². The summed E-state index contributed by atoms with van der Waals surface area (Å²) in [5, 5.41) is 18.8. The van der Waals surface area contributed by atoms with Crippen LogP contribution >= 0.6 is 0 Å². The molecule has 0 heterocycles. The number of carbonyl (C=O) groups excluding carboxylic acids is 2. The number of urea groups is 1. The van der Waals surface area contributed by atoms with Crippen molar-refractivity contribution in [2.24, 2.45) is 5.73 Å². The molecular weight excluding hydrogens is 488 g/mol. The van der Waals surface area contributed by atoms with E-state index in [1.807, 2.05) is 0 Å². The molecule has 0 aliphatic rings. The third-order valence-corrected chi connectivity index (χ3v) is 7.25. The second-order valence-electron chi connectivity index (χ2n) is 11.1. The Hall–Kier alpha value is -1.99. The molecule has 230 valence electrons. The van der Waals surface area contributed by atoms with Gasteiger partial charge in [0.25, 0.3) is 0 Å². The molecule has 0 saturated carbocycles. The Labute approximate surface area is 240 Å². The molecular formula is C31H64N6O2. The minimum atomic E-state index is -0.588. The van der Waals surface area contributed by atoms with Crippen LogP contribution in [0.1, 0.15) is 155 Å². The smallest absolute Gasteiger partial charge is 0.315 e. The first-order valence-electron chi connectivity index (χ1n) is 16.4. The van der Waals surface area contributed by atoms with Crippen LogP contribution in [-0.2, 0) is 4.79 Å². The number of carbonyl (C=O) groups is 2. The fraction of sp³-hybridized carbons (Fsp3) is 0.903. The van der Waals surface area contributed by atoms with Crippen LogP contribution in [0.3, 0.4) is 0 Å². The van der Waals surface area contributed by atoms with Crippen LogP contribution in [0, 0.1) is 5.41 Å². The maximum atomic E-state index is 12.8. The van der Waals surface area contributed by atoms with Crippen molar-refractivity contribution in [3.05, 3.63) is 0 Å². The summed E-state index contributed by atoms with van der Waals surface area (Å²) in [6, 6.07) is -0.876. The number of hydrogen-bond acceptors (Lipinski definition) is 3. The van der Waals surface area contributed by atoms with Gasteiger partial charge in [-0.2, -0.15) is 0 Å². The van der Waals surface area contributed by atoms with Gasteiger partial charge in [-0.3, -0.25) is 10.2 Å². The second kappa shape index (κ2) is 29.0. The highest BCUT2D eigenvalue weighted by Crippen LogP contribution is 2.11. The van der Waals surface area contributed by atoms with Crippen molar-refractivity contribution in [1.82, 2.24) is 21.3 Å². The molecule has 0 bridgehead atoms. The van der Waals surface area contributed by atoms with Crippen LogP contribution in [0.2, 0.25) is 0 Å². The predicted octanol–water partition coefficient (Wildman–Crippen LogP) is 6.88. The Balaban J connectivity index is 4.08. The van der Waals surface area contributed by atoms with Crippen molar-refractivity contribution >= 4 is 17.9 Å². The quantitative estimate of drug-likeness (QED) is 0.0359. The number of rotatable bonds is 28. The molecule has 0 unspecified atom stereocenters. The molecule has 3 amide bonds. The van der Waals surface area contributed by atoms with Crippen molar-refractivity contribution in [2.45, 2.75) is 161 Å². The first-order valence-corrected chi connectivity index (χ1v) is 16.4. The van der Waals surface area contributed by atoms with E-state index >= 15 is 0 Å². The molecule has 0 fully saturated rings. The number of amides is 3. The molecule has 0 radical (unpaired) electrons. The first-order chi connectivity index (χ1) is 19.0. The summed E-state index contributed by atoms with van der Waals surface area (Å²) in [7, 11) is 0. The molecule has 0 aromatic carbocycles. The predicted molar refractivity (Wildman–Crippen MR) is 166 cm³/mol.